The third-order valence-electron chi connectivity index (χ3n) is 2.37. The normalized spacial score (nSPS) is 11.0. The van der Waals surface area contributed by atoms with Crippen LogP contribution in [0.5, 0.6) is 0 Å². The van der Waals surface area contributed by atoms with E-state index in [9.17, 15) is 4.79 Å². The molecule has 0 fully saturated rings. The van der Waals surface area contributed by atoms with Gasteiger partial charge in [0.15, 0.2) is 0 Å². The predicted molar refractivity (Wildman–Crippen MR) is 79.7 cm³/mol. The van der Waals surface area contributed by atoms with Crippen molar-refractivity contribution in [3.63, 3.8) is 0 Å². The van der Waals surface area contributed by atoms with Crippen molar-refractivity contribution in [3.05, 3.63) is 40.9 Å². The minimum atomic E-state index is -0.507. The maximum Gasteiger partial charge on any atom is 0.335 e. The number of hydrogen-bond acceptors (Lipinski definition) is 3. The van der Waals surface area contributed by atoms with Crippen LogP contribution in [0.4, 0.5) is 5.69 Å². The molecule has 0 radical (unpaired) electrons. The Labute approximate surface area is 119 Å². The van der Waals surface area contributed by atoms with E-state index >= 15 is 0 Å². The Hall–Kier alpha value is -1.48. The topological polar surface area (TPSA) is 38.3 Å². The van der Waals surface area contributed by atoms with Crippen LogP contribution < -0.4 is 5.32 Å². The van der Waals surface area contributed by atoms with E-state index in [1.807, 2.05) is 45.9 Å². The molecule has 0 bridgehead atoms. The highest BCUT2D eigenvalue weighted by Crippen LogP contribution is 2.20. The molecule has 1 aromatic rings. The summed E-state index contributed by atoms with van der Waals surface area (Å²) in [6.07, 6.45) is 0. The van der Waals surface area contributed by atoms with Crippen molar-refractivity contribution in [1.29, 1.82) is 0 Å². The quantitative estimate of drug-likeness (QED) is 0.671. The van der Waals surface area contributed by atoms with Crippen LogP contribution in [0.15, 0.2) is 30.4 Å². The highest BCUT2D eigenvalue weighted by atomic mass is 35.5. The van der Waals surface area contributed by atoms with Gasteiger partial charge in [0.25, 0.3) is 0 Å². The van der Waals surface area contributed by atoms with Gasteiger partial charge in [0, 0.05) is 22.8 Å². The fourth-order valence-corrected chi connectivity index (χ4v) is 1.51. The lowest BCUT2D eigenvalue weighted by atomic mass is 10.2. The third kappa shape index (κ3) is 5.35. The van der Waals surface area contributed by atoms with E-state index in [0.717, 1.165) is 11.3 Å². The van der Waals surface area contributed by atoms with Gasteiger partial charge in [-0.25, -0.2) is 4.79 Å². The fourth-order valence-electron chi connectivity index (χ4n) is 1.33. The molecule has 0 aliphatic heterocycles. The van der Waals surface area contributed by atoms with Crippen molar-refractivity contribution in [3.8, 4) is 0 Å². The van der Waals surface area contributed by atoms with Gasteiger partial charge in [-0.1, -0.05) is 24.2 Å². The lowest BCUT2D eigenvalue weighted by molar-refractivity contribution is -0.149. The van der Waals surface area contributed by atoms with Crippen molar-refractivity contribution in [2.45, 2.75) is 33.3 Å². The lowest BCUT2D eigenvalue weighted by Gasteiger charge is -2.20. The largest absolute Gasteiger partial charge is 0.457 e. The summed E-state index contributed by atoms with van der Waals surface area (Å²) in [5.41, 5.74) is 1.73. The maximum absolute atomic E-state index is 11.7. The Morgan fingerprint density at radius 2 is 2.05 bits per heavy atom. The van der Waals surface area contributed by atoms with Crippen molar-refractivity contribution in [2.24, 2.45) is 0 Å². The zero-order valence-corrected chi connectivity index (χ0v) is 12.6. The molecule has 0 aliphatic rings. The number of halogens is 1. The second-order valence-corrected chi connectivity index (χ2v) is 5.83. The minimum Gasteiger partial charge on any atom is -0.457 e. The smallest absolute Gasteiger partial charge is 0.335 e. The molecular formula is C15H20ClNO2. The Morgan fingerprint density at radius 1 is 1.42 bits per heavy atom. The summed E-state index contributed by atoms with van der Waals surface area (Å²) >= 11 is 6.02. The van der Waals surface area contributed by atoms with E-state index in [2.05, 4.69) is 11.9 Å². The molecule has 1 rings (SSSR count). The minimum absolute atomic E-state index is 0.328. The molecule has 0 aliphatic carbocycles. The Balaban J connectivity index is 2.54. The number of aryl methyl sites for hydroxylation is 1. The van der Waals surface area contributed by atoms with Gasteiger partial charge in [-0.3, -0.25) is 0 Å². The molecule has 0 unspecified atom stereocenters. The van der Waals surface area contributed by atoms with Crippen molar-refractivity contribution < 1.29 is 9.53 Å². The van der Waals surface area contributed by atoms with Gasteiger partial charge in [0.1, 0.15) is 5.60 Å². The van der Waals surface area contributed by atoms with E-state index < -0.39 is 11.6 Å². The van der Waals surface area contributed by atoms with Gasteiger partial charge in [0.05, 0.1) is 0 Å². The molecule has 0 saturated heterocycles. The Bertz CT molecular complexity index is 489. The molecule has 3 nitrogen and oxygen atoms in total. The number of hydrogen-bond donors (Lipinski definition) is 1. The van der Waals surface area contributed by atoms with Gasteiger partial charge in [0.2, 0.25) is 0 Å². The van der Waals surface area contributed by atoms with E-state index in [-0.39, 0.29) is 0 Å². The van der Waals surface area contributed by atoms with Crippen molar-refractivity contribution in [2.75, 3.05) is 11.9 Å². The van der Waals surface area contributed by atoms with E-state index in [4.69, 9.17) is 16.3 Å². The molecule has 0 aromatic heterocycles. The van der Waals surface area contributed by atoms with E-state index in [0.29, 0.717) is 17.1 Å². The number of benzene rings is 1. The van der Waals surface area contributed by atoms with Gasteiger partial charge < -0.3 is 10.1 Å². The average molecular weight is 282 g/mol. The van der Waals surface area contributed by atoms with Crippen LogP contribution >= 0.6 is 11.6 Å². The molecule has 1 aromatic carbocycles. The summed E-state index contributed by atoms with van der Waals surface area (Å²) in [5.74, 6) is -0.391. The van der Waals surface area contributed by atoms with Gasteiger partial charge >= 0.3 is 5.97 Å². The third-order valence-corrected chi connectivity index (χ3v) is 2.77. The summed E-state index contributed by atoms with van der Waals surface area (Å²) < 4.78 is 5.23. The van der Waals surface area contributed by atoms with E-state index in [1.165, 1.54) is 0 Å². The average Bonchev–Trinajstić information content (AvgIpc) is 2.28. The summed E-state index contributed by atoms with van der Waals surface area (Å²) in [4.78, 5) is 11.7. The number of nitrogens with one attached hydrogen (secondary N) is 1. The number of carbonyl (C=O) groups excluding carboxylic acids is 1. The monoisotopic (exact) mass is 281 g/mol. The molecule has 19 heavy (non-hydrogen) atoms. The zero-order chi connectivity index (χ0) is 14.6. The molecule has 0 amide bonds. The first-order chi connectivity index (χ1) is 8.69. The van der Waals surface area contributed by atoms with Gasteiger partial charge in [-0.05, 0) is 45.4 Å². The molecular weight excluding hydrogens is 262 g/mol. The highest BCUT2D eigenvalue weighted by molar-refractivity contribution is 6.31. The standard InChI is InChI=1S/C15H20ClNO2/c1-10-6-7-12(8-13(10)16)17-9-11(2)14(18)19-15(3,4)5/h6-8,17H,2,9H2,1,3-5H3. The summed E-state index contributed by atoms with van der Waals surface area (Å²) in [7, 11) is 0. The van der Waals surface area contributed by atoms with Gasteiger partial charge in [-0.15, -0.1) is 0 Å². The fraction of sp³-hybridized carbons (Fsp3) is 0.400. The van der Waals surface area contributed by atoms with E-state index in [1.54, 1.807) is 0 Å². The number of anilines is 1. The van der Waals surface area contributed by atoms with Gasteiger partial charge in [-0.2, -0.15) is 0 Å². The second-order valence-electron chi connectivity index (χ2n) is 5.42. The second kappa shape index (κ2) is 6.11. The van der Waals surface area contributed by atoms with Crippen LogP contribution in [0.1, 0.15) is 26.3 Å². The number of carbonyl (C=O) groups is 1. The summed E-state index contributed by atoms with van der Waals surface area (Å²) in [6.45, 7) is 11.5. The number of ether oxygens (including phenoxy) is 1. The van der Waals surface area contributed by atoms with Crippen LogP contribution in [-0.2, 0) is 9.53 Å². The Kier molecular flexibility index (Phi) is 5.01. The Morgan fingerprint density at radius 3 is 2.58 bits per heavy atom. The van der Waals surface area contributed by atoms with Crippen molar-refractivity contribution in [1.82, 2.24) is 0 Å². The van der Waals surface area contributed by atoms with Crippen LogP contribution in [0.3, 0.4) is 0 Å². The maximum atomic E-state index is 11.7. The van der Waals surface area contributed by atoms with Crippen LogP contribution in [0, 0.1) is 6.92 Å². The molecule has 104 valence electrons. The van der Waals surface area contributed by atoms with Crippen LogP contribution in [-0.4, -0.2) is 18.1 Å². The summed E-state index contributed by atoms with van der Waals surface area (Å²) in [6, 6.07) is 5.64. The molecule has 1 N–H and O–H groups in total. The van der Waals surface area contributed by atoms with Crippen LogP contribution in [0.2, 0.25) is 5.02 Å². The van der Waals surface area contributed by atoms with Crippen molar-refractivity contribution >= 4 is 23.3 Å². The first kappa shape index (κ1) is 15.6. The molecule has 0 heterocycles. The molecule has 4 heteroatoms. The molecule has 0 spiro atoms. The zero-order valence-electron chi connectivity index (χ0n) is 11.8. The first-order valence-corrected chi connectivity index (χ1v) is 6.48. The lowest BCUT2D eigenvalue weighted by Crippen LogP contribution is -2.26. The SMILES string of the molecule is C=C(CNc1ccc(C)c(Cl)c1)C(=O)OC(C)(C)C. The first-order valence-electron chi connectivity index (χ1n) is 6.10. The number of esters is 1. The summed E-state index contributed by atoms with van der Waals surface area (Å²) in [5, 5.41) is 3.78. The molecule has 0 saturated carbocycles. The molecule has 0 atom stereocenters. The highest BCUT2D eigenvalue weighted by Gasteiger charge is 2.18. The number of rotatable bonds is 4. The van der Waals surface area contributed by atoms with Crippen LogP contribution in [0.25, 0.3) is 0 Å². The predicted octanol–water partition coefficient (Wildman–Crippen LogP) is 3.96.